The second kappa shape index (κ2) is 9.57. The van der Waals surface area contributed by atoms with Crippen molar-refractivity contribution in [1.82, 2.24) is 5.32 Å². The summed E-state index contributed by atoms with van der Waals surface area (Å²) < 4.78 is 5.00. The summed E-state index contributed by atoms with van der Waals surface area (Å²) in [6.07, 6.45) is 2.21. The van der Waals surface area contributed by atoms with Crippen molar-refractivity contribution in [3.8, 4) is 0 Å². The van der Waals surface area contributed by atoms with Crippen molar-refractivity contribution in [2.45, 2.75) is 12.8 Å². The van der Waals surface area contributed by atoms with Crippen molar-refractivity contribution in [2.75, 3.05) is 43.6 Å². The number of nitrogens with zero attached hydrogens (tertiary/aromatic N) is 1. The number of carbonyl (C=O) groups is 2. The predicted molar refractivity (Wildman–Crippen MR) is 112 cm³/mol. The molecule has 2 N–H and O–H groups in total. The highest BCUT2D eigenvalue weighted by Crippen LogP contribution is 2.28. The molecule has 3 rings (SSSR count). The minimum Gasteiger partial charge on any atom is -0.383 e. The maximum Gasteiger partial charge on any atom is 0.257 e. The van der Waals surface area contributed by atoms with Crippen molar-refractivity contribution in [3.63, 3.8) is 0 Å². The zero-order valence-electron chi connectivity index (χ0n) is 15.8. The zero-order chi connectivity index (χ0) is 19.9. The van der Waals surface area contributed by atoms with E-state index in [1.807, 2.05) is 12.1 Å². The van der Waals surface area contributed by atoms with Crippen LogP contribution in [-0.2, 0) is 4.74 Å². The maximum absolute atomic E-state index is 12.7. The van der Waals surface area contributed by atoms with Crippen LogP contribution in [0.4, 0.5) is 11.4 Å². The van der Waals surface area contributed by atoms with Gasteiger partial charge in [-0.3, -0.25) is 9.59 Å². The molecule has 2 aromatic carbocycles. The van der Waals surface area contributed by atoms with Gasteiger partial charge in [-0.05, 0) is 43.2 Å². The first-order valence-corrected chi connectivity index (χ1v) is 9.70. The molecule has 0 radical (unpaired) electrons. The van der Waals surface area contributed by atoms with Crippen LogP contribution in [0, 0.1) is 0 Å². The zero-order valence-corrected chi connectivity index (χ0v) is 16.6. The molecule has 2 amide bonds. The molecule has 1 saturated heterocycles. The first-order chi connectivity index (χ1) is 13.6. The van der Waals surface area contributed by atoms with Crippen LogP contribution in [0.1, 0.15) is 33.6 Å². The summed E-state index contributed by atoms with van der Waals surface area (Å²) in [5.74, 6) is -0.502. The molecule has 0 unspecified atom stereocenters. The molecule has 0 bridgehead atoms. The van der Waals surface area contributed by atoms with Gasteiger partial charge in [0.15, 0.2) is 0 Å². The molecule has 2 aromatic rings. The number of nitrogens with one attached hydrogen (secondary N) is 2. The molecular weight excluding hydrogens is 378 g/mol. The average molecular weight is 402 g/mol. The number of anilines is 2. The Morgan fingerprint density at radius 1 is 1.07 bits per heavy atom. The Hall–Kier alpha value is -2.57. The summed E-state index contributed by atoms with van der Waals surface area (Å²) in [5.41, 5.74) is 2.35. The molecule has 1 aliphatic rings. The van der Waals surface area contributed by atoms with Crippen LogP contribution in [0.2, 0.25) is 5.02 Å². The SMILES string of the molecule is COCCNC(=O)c1cc(NC(=O)c2ccccc2Cl)ccc1N1CCCC1. The average Bonchev–Trinajstić information content (AvgIpc) is 3.23. The summed E-state index contributed by atoms with van der Waals surface area (Å²) >= 11 is 6.11. The van der Waals surface area contributed by atoms with Gasteiger partial charge in [-0.15, -0.1) is 0 Å². The Balaban J connectivity index is 1.84. The van der Waals surface area contributed by atoms with Crippen LogP contribution in [0.3, 0.4) is 0 Å². The Morgan fingerprint density at radius 2 is 1.82 bits per heavy atom. The van der Waals surface area contributed by atoms with E-state index in [2.05, 4.69) is 15.5 Å². The molecule has 0 atom stereocenters. The van der Waals surface area contributed by atoms with E-state index in [9.17, 15) is 9.59 Å². The molecule has 7 heteroatoms. The van der Waals surface area contributed by atoms with Gasteiger partial charge in [0.2, 0.25) is 0 Å². The van der Waals surface area contributed by atoms with E-state index in [4.69, 9.17) is 16.3 Å². The van der Waals surface area contributed by atoms with E-state index in [0.29, 0.717) is 35.0 Å². The Morgan fingerprint density at radius 3 is 2.54 bits per heavy atom. The quantitative estimate of drug-likeness (QED) is 0.696. The van der Waals surface area contributed by atoms with Gasteiger partial charge in [-0.1, -0.05) is 23.7 Å². The summed E-state index contributed by atoms with van der Waals surface area (Å²) in [4.78, 5) is 27.5. The second-order valence-electron chi connectivity index (χ2n) is 6.61. The van der Waals surface area contributed by atoms with Crippen LogP contribution in [-0.4, -0.2) is 45.2 Å². The Bertz CT molecular complexity index is 851. The molecule has 0 aromatic heterocycles. The van der Waals surface area contributed by atoms with Crippen molar-refractivity contribution >= 4 is 34.8 Å². The lowest BCUT2D eigenvalue weighted by Gasteiger charge is -2.22. The predicted octanol–water partition coefficient (Wildman–Crippen LogP) is 3.57. The monoisotopic (exact) mass is 401 g/mol. The molecule has 1 aliphatic heterocycles. The van der Waals surface area contributed by atoms with Gasteiger partial charge < -0.3 is 20.3 Å². The fourth-order valence-electron chi connectivity index (χ4n) is 3.24. The fraction of sp³-hybridized carbons (Fsp3) is 0.333. The van der Waals surface area contributed by atoms with Crippen LogP contribution < -0.4 is 15.5 Å². The lowest BCUT2D eigenvalue weighted by Crippen LogP contribution is -2.30. The molecule has 148 valence electrons. The van der Waals surface area contributed by atoms with Gasteiger partial charge >= 0.3 is 0 Å². The lowest BCUT2D eigenvalue weighted by molar-refractivity contribution is 0.0936. The van der Waals surface area contributed by atoms with Crippen molar-refractivity contribution in [2.24, 2.45) is 0 Å². The molecule has 1 fully saturated rings. The van der Waals surface area contributed by atoms with Gasteiger partial charge in [-0.25, -0.2) is 0 Å². The molecular formula is C21H24ClN3O3. The van der Waals surface area contributed by atoms with E-state index in [1.54, 1.807) is 37.4 Å². The second-order valence-corrected chi connectivity index (χ2v) is 7.02. The number of hydrogen-bond donors (Lipinski definition) is 2. The van der Waals surface area contributed by atoms with Gasteiger partial charge in [0.25, 0.3) is 11.8 Å². The largest absolute Gasteiger partial charge is 0.383 e. The third kappa shape index (κ3) is 4.82. The van der Waals surface area contributed by atoms with Gasteiger partial charge in [0.1, 0.15) is 0 Å². The minimum absolute atomic E-state index is 0.187. The first kappa shape index (κ1) is 20.2. The summed E-state index contributed by atoms with van der Waals surface area (Å²) in [7, 11) is 1.59. The van der Waals surface area contributed by atoms with Crippen LogP contribution in [0.5, 0.6) is 0 Å². The highest BCUT2D eigenvalue weighted by Gasteiger charge is 2.20. The van der Waals surface area contributed by atoms with E-state index < -0.39 is 0 Å². The third-order valence-corrected chi connectivity index (χ3v) is 4.99. The van der Waals surface area contributed by atoms with Gasteiger partial charge in [0, 0.05) is 38.1 Å². The number of hydrogen-bond acceptors (Lipinski definition) is 4. The molecule has 0 saturated carbocycles. The molecule has 1 heterocycles. The van der Waals surface area contributed by atoms with E-state index in [1.165, 1.54) is 0 Å². The van der Waals surface area contributed by atoms with Crippen molar-refractivity contribution < 1.29 is 14.3 Å². The van der Waals surface area contributed by atoms with E-state index in [-0.39, 0.29) is 11.8 Å². The normalized spacial score (nSPS) is 13.4. The number of ether oxygens (including phenoxy) is 1. The highest BCUT2D eigenvalue weighted by molar-refractivity contribution is 6.34. The molecule has 6 nitrogen and oxygen atoms in total. The fourth-order valence-corrected chi connectivity index (χ4v) is 3.46. The highest BCUT2D eigenvalue weighted by atomic mass is 35.5. The van der Waals surface area contributed by atoms with Crippen LogP contribution in [0.25, 0.3) is 0 Å². The van der Waals surface area contributed by atoms with Gasteiger partial charge in [-0.2, -0.15) is 0 Å². The number of halogens is 1. The maximum atomic E-state index is 12.7. The lowest BCUT2D eigenvalue weighted by atomic mass is 10.1. The molecule has 0 spiro atoms. The summed E-state index contributed by atoms with van der Waals surface area (Å²) in [6, 6.07) is 12.3. The standard InChI is InChI=1S/C21H24ClN3O3/c1-28-13-10-23-20(26)17-14-15(8-9-19(17)25-11-4-5-12-25)24-21(27)16-6-2-3-7-18(16)22/h2-3,6-9,14H,4-5,10-13H2,1H3,(H,23,26)(H,24,27). The van der Waals surface area contributed by atoms with Crippen molar-refractivity contribution in [1.29, 1.82) is 0 Å². The van der Waals surface area contributed by atoms with E-state index in [0.717, 1.165) is 31.6 Å². The third-order valence-electron chi connectivity index (χ3n) is 4.66. The molecule has 0 aliphatic carbocycles. The Kier molecular flexibility index (Phi) is 6.90. The number of methoxy groups -OCH3 is 1. The summed E-state index contributed by atoms with van der Waals surface area (Å²) in [6.45, 7) is 2.70. The molecule has 28 heavy (non-hydrogen) atoms. The number of benzene rings is 2. The smallest absolute Gasteiger partial charge is 0.257 e. The van der Waals surface area contributed by atoms with Gasteiger partial charge in [0.05, 0.1) is 22.8 Å². The number of amides is 2. The van der Waals surface area contributed by atoms with Crippen LogP contribution >= 0.6 is 11.6 Å². The van der Waals surface area contributed by atoms with E-state index >= 15 is 0 Å². The van der Waals surface area contributed by atoms with Crippen molar-refractivity contribution in [3.05, 3.63) is 58.6 Å². The summed E-state index contributed by atoms with van der Waals surface area (Å²) in [5, 5.41) is 6.07. The topological polar surface area (TPSA) is 70.7 Å². The Labute approximate surface area is 169 Å². The number of rotatable bonds is 7. The minimum atomic E-state index is -0.315. The number of carbonyl (C=O) groups excluding carboxylic acids is 2. The first-order valence-electron chi connectivity index (χ1n) is 9.32. The van der Waals surface area contributed by atoms with Crippen LogP contribution in [0.15, 0.2) is 42.5 Å².